The molecule has 1 aliphatic rings. The van der Waals surface area contributed by atoms with Gasteiger partial charge in [0.25, 0.3) is 5.91 Å². The van der Waals surface area contributed by atoms with Crippen LogP contribution in [0.1, 0.15) is 11.1 Å². The summed E-state index contributed by atoms with van der Waals surface area (Å²) in [6, 6.07) is 18.0. The van der Waals surface area contributed by atoms with Gasteiger partial charge in [-0.15, -0.1) is 0 Å². The minimum atomic E-state index is -0.0649. The predicted molar refractivity (Wildman–Crippen MR) is 117 cm³/mol. The molecule has 0 bridgehead atoms. The molecule has 1 saturated heterocycles. The van der Waals surface area contributed by atoms with Crippen LogP contribution in [0.4, 0.5) is 5.69 Å². The van der Waals surface area contributed by atoms with Crippen molar-refractivity contribution in [2.75, 3.05) is 38.7 Å². The van der Waals surface area contributed by atoms with Crippen LogP contribution in [-0.2, 0) is 11.2 Å². The van der Waals surface area contributed by atoms with Crippen LogP contribution in [0.3, 0.4) is 0 Å². The molecule has 2 aromatic rings. The number of thiocarbonyl (C=S) groups is 1. The summed E-state index contributed by atoms with van der Waals surface area (Å²) in [5, 5.41) is 9.59. The van der Waals surface area contributed by atoms with Gasteiger partial charge in [-0.05, 0) is 48.0 Å². The highest BCUT2D eigenvalue weighted by Gasteiger charge is 2.35. The van der Waals surface area contributed by atoms with Crippen molar-refractivity contribution < 1.29 is 9.90 Å². The Hall–Kier alpha value is -2.70. The molecule has 146 valence electrons. The van der Waals surface area contributed by atoms with E-state index >= 15 is 0 Å². The number of carbonyl (C=O) groups is 1. The molecule has 0 saturated carbocycles. The molecule has 0 spiro atoms. The minimum absolute atomic E-state index is 0.0649. The van der Waals surface area contributed by atoms with Gasteiger partial charge in [0.15, 0.2) is 5.11 Å². The number of likely N-dealkylation sites (N-methyl/N-ethyl adjacent to an activating group) is 2. The molecule has 1 fully saturated rings. The van der Waals surface area contributed by atoms with Gasteiger partial charge in [0.05, 0.1) is 6.61 Å². The zero-order valence-corrected chi connectivity index (χ0v) is 17.0. The number of aliphatic hydroxyl groups is 1. The van der Waals surface area contributed by atoms with Crippen molar-refractivity contribution in [1.29, 1.82) is 0 Å². The molecule has 0 aromatic heterocycles. The van der Waals surface area contributed by atoms with E-state index in [1.54, 1.807) is 9.80 Å². The second-order valence-electron chi connectivity index (χ2n) is 6.80. The maximum absolute atomic E-state index is 12.9. The Morgan fingerprint density at radius 1 is 1.11 bits per heavy atom. The van der Waals surface area contributed by atoms with Gasteiger partial charge in [0.1, 0.15) is 5.70 Å². The summed E-state index contributed by atoms with van der Waals surface area (Å²) in [4.78, 5) is 18.3. The molecular formula is C22H25N3O2S. The van der Waals surface area contributed by atoms with Crippen LogP contribution in [-0.4, -0.2) is 59.7 Å². The van der Waals surface area contributed by atoms with Gasteiger partial charge < -0.3 is 14.9 Å². The van der Waals surface area contributed by atoms with Crippen LogP contribution in [0.25, 0.3) is 6.08 Å². The number of rotatable bonds is 7. The summed E-state index contributed by atoms with van der Waals surface area (Å²) < 4.78 is 0. The SMILES string of the molecule is CN1C(=S)N(CCc2ccccc2)C(=O)C1=Cc1ccc(N(C)CCO)cc1. The zero-order valence-electron chi connectivity index (χ0n) is 16.2. The molecular weight excluding hydrogens is 370 g/mol. The Kier molecular flexibility index (Phi) is 6.44. The molecule has 1 heterocycles. The molecule has 0 radical (unpaired) electrons. The fraction of sp³-hybridized carbons (Fsp3) is 0.273. The standard InChI is InChI=1S/C22H25N3O2S/c1-23(14-15-26)19-10-8-18(9-11-19)16-20-21(27)25(22(28)24(20)2)13-12-17-6-4-3-5-7-17/h3-11,16,26H,12-15H2,1-2H3. The van der Waals surface area contributed by atoms with E-state index < -0.39 is 0 Å². The lowest BCUT2D eigenvalue weighted by Gasteiger charge is -2.17. The van der Waals surface area contributed by atoms with Gasteiger partial charge >= 0.3 is 0 Å². The van der Waals surface area contributed by atoms with Crippen LogP contribution < -0.4 is 4.90 Å². The molecule has 0 aliphatic carbocycles. The van der Waals surface area contributed by atoms with E-state index in [0.29, 0.717) is 23.9 Å². The first kappa shape index (κ1) is 20.0. The summed E-state index contributed by atoms with van der Waals surface area (Å²) >= 11 is 5.49. The quantitative estimate of drug-likeness (QED) is 0.577. The van der Waals surface area contributed by atoms with Gasteiger partial charge in [-0.3, -0.25) is 9.69 Å². The van der Waals surface area contributed by atoms with Crippen molar-refractivity contribution in [1.82, 2.24) is 9.80 Å². The molecule has 0 unspecified atom stereocenters. The monoisotopic (exact) mass is 395 g/mol. The number of nitrogens with zero attached hydrogens (tertiary/aromatic N) is 3. The van der Waals surface area contributed by atoms with Gasteiger partial charge in [-0.1, -0.05) is 42.5 Å². The number of aliphatic hydroxyl groups excluding tert-OH is 1. The second kappa shape index (κ2) is 8.99. The molecule has 6 heteroatoms. The van der Waals surface area contributed by atoms with E-state index in [9.17, 15) is 4.79 Å². The Morgan fingerprint density at radius 2 is 1.79 bits per heavy atom. The third-order valence-corrected chi connectivity index (χ3v) is 5.38. The maximum atomic E-state index is 12.9. The predicted octanol–water partition coefficient (Wildman–Crippen LogP) is 2.76. The highest BCUT2D eigenvalue weighted by Crippen LogP contribution is 2.23. The Labute approximate surface area is 171 Å². The lowest BCUT2D eigenvalue weighted by Crippen LogP contribution is -2.33. The lowest BCUT2D eigenvalue weighted by atomic mass is 10.1. The van der Waals surface area contributed by atoms with E-state index in [1.807, 2.05) is 67.5 Å². The lowest BCUT2D eigenvalue weighted by molar-refractivity contribution is -0.122. The van der Waals surface area contributed by atoms with Crippen molar-refractivity contribution in [3.05, 3.63) is 71.4 Å². The zero-order chi connectivity index (χ0) is 20.1. The third kappa shape index (κ3) is 4.40. The normalized spacial score (nSPS) is 15.6. The third-order valence-electron chi connectivity index (χ3n) is 4.88. The van der Waals surface area contributed by atoms with Crippen molar-refractivity contribution in [3.63, 3.8) is 0 Å². The van der Waals surface area contributed by atoms with Crippen molar-refractivity contribution in [2.24, 2.45) is 0 Å². The summed E-state index contributed by atoms with van der Waals surface area (Å²) in [5.41, 5.74) is 3.71. The molecule has 2 aromatic carbocycles. The smallest absolute Gasteiger partial charge is 0.276 e. The molecule has 5 nitrogen and oxygen atoms in total. The van der Waals surface area contributed by atoms with Gasteiger partial charge in [-0.25, -0.2) is 0 Å². The van der Waals surface area contributed by atoms with Gasteiger partial charge in [0, 0.05) is 32.9 Å². The number of anilines is 1. The van der Waals surface area contributed by atoms with Crippen molar-refractivity contribution >= 4 is 35.0 Å². The van der Waals surface area contributed by atoms with Crippen LogP contribution in [0.2, 0.25) is 0 Å². The fourth-order valence-corrected chi connectivity index (χ4v) is 3.43. The highest BCUT2D eigenvalue weighted by atomic mass is 32.1. The van der Waals surface area contributed by atoms with Crippen LogP contribution in [0, 0.1) is 0 Å². The van der Waals surface area contributed by atoms with Crippen LogP contribution in [0.15, 0.2) is 60.3 Å². The van der Waals surface area contributed by atoms with Crippen LogP contribution >= 0.6 is 12.2 Å². The van der Waals surface area contributed by atoms with Gasteiger partial charge in [-0.2, -0.15) is 0 Å². The maximum Gasteiger partial charge on any atom is 0.276 e. The summed E-state index contributed by atoms with van der Waals surface area (Å²) in [6.45, 7) is 1.25. The number of hydrogen-bond acceptors (Lipinski definition) is 4. The van der Waals surface area contributed by atoms with E-state index in [1.165, 1.54) is 5.56 Å². The fourth-order valence-electron chi connectivity index (χ4n) is 3.16. The largest absolute Gasteiger partial charge is 0.395 e. The van der Waals surface area contributed by atoms with E-state index in [2.05, 4.69) is 12.1 Å². The second-order valence-corrected chi connectivity index (χ2v) is 7.17. The van der Waals surface area contributed by atoms with Gasteiger partial charge in [0.2, 0.25) is 0 Å². The molecule has 1 aliphatic heterocycles. The molecule has 1 N–H and O–H groups in total. The molecule has 1 amide bonds. The van der Waals surface area contributed by atoms with E-state index in [0.717, 1.165) is 17.7 Å². The van der Waals surface area contributed by atoms with Crippen molar-refractivity contribution in [3.8, 4) is 0 Å². The van der Waals surface area contributed by atoms with Crippen molar-refractivity contribution in [2.45, 2.75) is 6.42 Å². The average molecular weight is 396 g/mol. The number of hydrogen-bond donors (Lipinski definition) is 1. The summed E-state index contributed by atoms with van der Waals surface area (Å²) in [6.07, 6.45) is 2.63. The number of carbonyl (C=O) groups excluding carboxylic acids is 1. The Bertz CT molecular complexity index is 865. The number of benzene rings is 2. The van der Waals surface area contributed by atoms with E-state index in [-0.39, 0.29) is 12.5 Å². The average Bonchev–Trinajstić information content (AvgIpc) is 2.91. The van der Waals surface area contributed by atoms with E-state index in [4.69, 9.17) is 17.3 Å². The molecule has 0 atom stereocenters. The minimum Gasteiger partial charge on any atom is -0.395 e. The first-order chi connectivity index (χ1) is 13.5. The van der Waals surface area contributed by atoms with Crippen LogP contribution in [0.5, 0.6) is 0 Å². The Balaban J connectivity index is 1.73. The summed E-state index contributed by atoms with van der Waals surface area (Å²) in [5.74, 6) is -0.0649. The summed E-state index contributed by atoms with van der Waals surface area (Å²) in [7, 11) is 3.76. The first-order valence-corrected chi connectivity index (χ1v) is 9.69. The molecule has 28 heavy (non-hydrogen) atoms. The number of amides is 1. The first-order valence-electron chi connectivity index (χ1n) is 9.28. The molecule has 3 rings (SSSR count). The topological polar surface area (TPSA) is 47.0 Å². The highest BCUT2D eigenvalue weighted by molar-refractivity contribution is 7.80. The Morgan fingerprint density at radius 3 is 2.43 bits per heavy atom.